The predicted octanol–water partition coefficient (Wildman–Crippen LogP) is 2.31. The second-order valence-corrected chi connectivity index (χ2v) is 6.96. The van der Waals surface area contributed by atoms with Gasteiger partial charge in [0.25, 0.3) is 5.91 Å². The summed E-state index contributed by atoms with van der Waals surface area (Å²) in [5.74, 6) is 1.18. The molecule has 0 saturated carbocycles. The molecule has 0 bridgehead atoms. The third-order valence-electron chi connectivity index (χ3n) is 5.05. The predicted molar refractivity (Wildman–Crippen MR) is 106 cm³/mol. The zero-order valence-electron chi connectivity index (χ0n) is 15.8. The highest BCUT2D eigenvalue weighted by atomic mass is 16.5. The van der Waals surface area contributed by atoms with Crippen molar-refractivity contribution < 1.29 is 9.53 Å². The number of morpholine rings is 1. The number of nitrogens with one attached hydrogen (secondary N) is 1. The van der Waals surface area contributed by atoms with Crippen molar-refractivity contribution in [2.24, 2.45) is 5.92 Å². The number of nitrogens with zero attached hydrogens (tertiary/aromatic N) is 4. The first-order valence-electron chi connectivity index (χ1n) is 9.47. The van der Waals surface area contributed by atoms with Gasteiger partial charge in [-0.05, 0) is 29.7 Å². The summed E-state index contributed by atoms with van der Waals surface area (Å²) in [7, 11) is 0. The second-order valence-electron chi connectivity index (χ2n) is 6.96. The van der Waals surface area contributed by atoms with E-state index in [9.17, 15) is 4.79 Å². The van der Waals surface area contributed by atoms with Crippen molar-refractivity contribution in [1.29, 1.82) is 0 Å². The lowest BCUT2D eigenvalue weighted by molar-refractivity contribution is 0.0961. The average Bonchev–Trinajstić information content (AvgIpc) is 2.76. The van der Waals surface area contributed by atoms with E-state index in [1.807, 2.05) is 18.3 Å². The Balaban J connectivity index is 1.53. The van der Waals surface area contributed by atoms with E-state index >= 15 is 0 Å². The smallest absolute Gasteiger partial charge is 0.275 e. The van der Waals surface area contributed by atoms with Crippen molar-refractivity contribution >= 4 is 11.7 Å². The lowest BCUT2D eigenvalue weighted by atomic mass is 9.83. The molecule has 0 aromatic carbocycles. The standard InChI is InChI=1S/C21H23N5O2/c1-15-2-3-17(25-21(27)19-14-22-6-7-23-19)13-18(15)16-4-5-24-20(12-16)26-8-10-28-11-9-26/h2-7,12-15,18H,8-11H2,1H3,(H,25,27). The van der Waals surface area contributed by atoms with Gasteiger partial charge in [0.05, 0.1) is 19.4 Å². The van der Waals surface area contributed by atoms with Crippen LogP contribution in [0.3, 0.4) is 0 Å². The largest absolute Gasteiger partial charge is 0.378 e. The van der Waals surface area contributed by atoms with Crippen molar-refractivity contribution in [2.45, 2.75) is 12.8 Å². The number of carbonyl (C=O) groups excluding carboxylic acids is 1. The minimum absolute atomic E-state index is 0.157. The molecule has 7 heteroatoms. The van der Waals surface area contributed by atoms with E-state index in [1.165, 1.54) is 18.0 Å². The fraction of sp³-hybridized carbons (Fsp3) is 0.333. The van der Waals surface area contributed by atoms with Gasteiger partial charge in [0.15, 0.2) is 0 Å². The summed E-state index contributed by atoms with van der Waals surface area (Å²) in [5.41, 5.74) is 2.24. The van der Waals surface area contributed by atoms with E-state index in [0.717, 1.165) is 37.8 Å². The number of pyridine rings is 1. The number of hydrogen-bond donors (Lipinski definition) is 1. The maximum absolute atomic E-state index is 12.4. The number of anilines is 1. The van der Waals surface area contributed by atoms with Crippen LogP contribution in [-0.2, 0) is 4.74 Å². The molecule has 3 heterocycles. The van der Waals surface area contributed by atoms with Crippen LogP contribution in [0.2, 0.25) is 0 Å². The number of carbonyl (C=O) groups is 1. The molecule has 1 amide bonds. The van der Waals surface area contributed by atoms with Crippen LogP contribution in [0.1, 0.15) is 28.9 Å². The number of allylic oxidation sites excluding steroid dienone is 3. The van der Waals surface area contributed by atoms with E-state index in [4.69, 9.17) is 4.74 Å². The number of rotatable bonds is 4. The van der Waals surface area contributed by atoms with Gasteiger partial charge in [-0.25, -0.2) is 9.97 Å². The van der Waals surface area contributed by atoms with E-state index in [-0.39, 0.29) is 11.8 Å². The molecule has 144 valence electrons. The van der Waals surface area contributed by atoms with Crippen LogP contribution in [0, 0.1) is 5.92 Å². The topological polar surface area (TPSA) is 80.2 Å². The third kappa shape index (κ3) is 4.09. The Morgan fingerprint density at radius 1 is 1.21 bits per heavy atom. The minimum Gasteiger partial charge on any atom is -0.378 e. The molecule has 0 spiro atoms. The Hall–Kier alpha value is -3.06. The van der Waals surface area contributed by atoms with Crippen molar-refractivity contribution in [3.8, 4) is 0 Å². The van der Waals surface area contributed by atoms with Crippen molar-refractivity contribution in [3.05, 3.63) is 72.1 Å². The van der Waals surface area contributed by atoms with Crippen molar-refractivity contribution in [2.75, 3.05) is 31.2 Å². The molecular formula is C21H23N5O2. The first-order valence-corrected chi connectivity index (χ1v) is 9.47. The summed E-state index contributed by atoms with van der Waals surface area (Å²) in [5, 5.41) is 2.92. The molecular weight excluding hydrogens is 354 g/mol. The first kappa shape index (κ1) is 18.3. The van der Waals surface area contributed by atoms with Crippen LogP contribution in [0.5, 0.6) is 0 Å². The maximum Gasteiger partial charge on any atom is 0.275 e. The van der Waals surface area contributed by atoms with Gasteiger partial charge in [0, 0.05) is 43.3 Å². The molecule has 2 aromatic rings. The van der Waals surface area contributed by atoms with Gasteiger partial charge in [-0.15, -0.1) is 0 Å². The van der Waals surface area contributed by atoms with Crippen LogP contribution >= 0.6 is 0 Å². The van der Waals surface area contributed by atoms with Gasteiger partial charge in [-0.3, -0.25) is 9.78 Å². The summed E-state index contributed by atoms with van der Waals surface area (Å²) in [4.78, 5) is 27.2. The first-order chi connectivity index (χ1) is 13.7. The maximum atomic E-state index is 12.4. The number of aromatic nitrogens is 3. The molecule has 28 heavy (non-hydrogen) atoms. The van der Waals surface area contributed by atoms with Crippen LogP contribution in [0.4, 0.5) is 5.82 Å². The van der Waals surface area contributed by atoms with Gasteiger partial charge >= 0.3 is 0 Å². The normalized spacial score (nSPS) is 21.9. The van der Waals surface area contributed by atoms with Gasteiger partial charge in [-0.1, -0.05) is 19.1 Å². The summed E-state index contributed by atoms with van der Waals surface area (Å²) in [6.45, 7) is 5.34. The summed E-state index contributed by atoms with van der Waals surface area (Å²) in [6, 6.07) is 4.19. The van der Waals surface area contributed by atoms with Gasteiger partial charge in [0.2, 0.25) is 0 Å². The Bertz CT molecular complexity index is 891. The summed E-state index contributed by atoms with van der Waals surface area (Å²) in [6.07, 6.45) is 12.5. The van der Waals surface area contributed by atoms with Crippen molar-refractivity contribution in [3.63, 3.8) is 0 Å². The lowest BCUT2D eigenvalue weighted by Gasteiger charge is -2.29. The van der Waals surface area contributed by atoms with Crippen LogP contribution in [-0.4, -0.2) is 47.2 Å². The molecule has 1 fully saturated rings. The Labute approximate surface area is 164 Å². The Morgan fingerprint density at radius 3 is 2.86 bits per heavy atom. The zero-order valence-corrected chi connectivity index (χ0v) is 15.8. The highest BCUT2D eigenvalue weighted by Crippen LogP contribution is 2.32. The highest BCUT2D eigenvalue weighted by molar-refractivity contribution is 5.93. The van der Waals surface area contributed by atoms with E-state index < -0.39 is 0 Å². The van der Waals surface area contributed by atoms with Gasteiger partial charge < -0.3 is 15.0 Å². The van der Waals surface area contributed by atoms with Crippen molar-refractivity contribution in [1.82, 2.24) is 20.3 Å². The van der Waals surface area contributed by atoms with E-state index in [1.54, 1.807) is 6.20 Å². The molecule has 4 rings (SSSR count). The minimum atomic E-state index is -0.263. The molecule has 1 aliphatic carbocycles. The fourth-order valence-electron chi connectivity index (χ4n) is 3.48. The van der Waals surface area contributed by atoms with Gasteiger partial charge in [-0.2, -0.15) is 0 Å². The molecule has 2 aromatic heterocycles. The van der Waals surface area contributed by atoms with Gasteiger partial charge in [0.1, 0.15) is 11.5 Å². The molecule has 2 atom stereocenters. The molecule has 2 aliphatic rings. The second kappa shape index (κ2) is 8.31. The molecule has 1 aliphatic heterocycles. The van der Waals surface area contributed by atoms with Crippen LogP contribution < -0.4 is 10.2 Å². The molecule has 0 radical (unpaired) electrons. The fourth-order valence-corrected chi connectivity index (χ4v) is 3.48. The number of ether oxygens (including phenoxy) is 1. The zero-order chi connectivity index (χ0) is 19.3. The monoisotopic (exact) mass is 377 g/mol. The number of amides is 1. The number of hydrogen-bond acceptors (Lipinski definition) is 6. The van der Waals surface area contributed by atoms with Crippen LogP contribution in [0.25, 0.3) is 0 Å². The average molecular weight is 377 g/mol. The summed E-state index contributed by atoms with van der Waals surface area (Å²) < 4.78 is 5.43. The van der Waals surface area contributed by atoms with E-state index in [0.29, 0.717) is 11.6 Å². The molecule has 1 N–H and O–H groups in total. The SMILES string of the molecule is CC1C=CC(NC(=O)c2cnccn2)=CC1c1ccnc(N2CCOCC2)c1. The quantitative estimate of drug-likeness (QED) is 0.881. The molecule has 7 nitrogen and oxygen atoms in total. The van der Waals surface area contributed by atoms with E-state index in [2.05, 4.69) is 50.3 Å². The molecule has 1 saturated heterocycles. The highest BCUT2D eigenvalue weighted by Gasteiger charge is 2.22. The Kier molecular flexibility index (Phi) is 5.43. The Morgan fingerprint density at radius 2 is 2.07 bits per heavy atom. The molecule has 2 unspecified atom stereocenters. The lowest BCUT2D eigenvalue weighted by Crippen LogP contribution is -2.36. The summed E-state index contributed by atoms with van der Waals surface area (Å²) >= 11 is 0. The third-order valence-corrected chi connectivity index (χ3v) is 5.05. The van der Waals surface area contributed by atoms with Crippen LogP contribution in [0.15, 0.2) is 60.8 Å².